The zero-order valence-corrected chi connectivity index (χ0v) is 13.8. The van der Waals surface area contributed by atoms with E-state index in [1.165, 1.54) is 11.1 Å². The van der Waals surface area contributed by atoms with Crippen LogP contribution < -0.4 is 5.32 Å². The van der Waals surface area contributed by atoms with Gasteiger partial charge in [0.25, 0.3) is 0 Å². The first kappa shape index (κ1) is 15.8. The van der Waals surface area contributed by atoms with E-state index in [0.29, 0.717) is 0 Å². The van der Waals surface area contributed by atoms with Crippen LogP contribution in [0.5, 0.6) is 0 Å². The topological polar surface area (TPSA) is 37.8 Å². The lowest BCUT2D eigenvalue weighted by Gasteiger charge is -2.08. The third-order valence-corrected chi connectivity index (χ3v) is 4.04. The summed E-state index contributed by atoms with van der Waals surface area (Å²) < 4.78 is 0. The van der Waals surface area contributed by atoms with Crippen LogP contribution in [0.25, 0.3) is 0 Å². The Morgan fingerprint density at radius 1 is 1.10 bits per heavy atom. The number of benzene rings is 1. The highest BCUT2D eigenvalue weighted by atomic mass is 32.2. The van der Waals surface area contributed by atoms with Crippen molar-refractivity contribution in [2.45, 2.75) is 38.7 Å². The van der Waals surface area contributed by atoms with E-state index < -0.39 is 0 Å². The summed E-state index contributed by atoms with van der Waals surface area (Å²) in [5, 5.41) is 3.33. The number of hydrogen-bond acceptors (Lipinski definition) is 4. The van der Waals surface area contributed by atoms with E-state index in [2.05, 4.69) is 53.4 Å². The van der Waals surface area contributed by atoms with Gasteiger partial charge in [-0.15, -0.1) is 11.8 Å². The van der Waals surface area contributed by atoms with Crippen LogP contribution >= 0.6 is 11.8 Å². The number of aryl methyl sites for hydroxylation is 2. The molecule has 112 valence electrons. The fraction of sp³-hybridized carbons (Fsp3) is 0.412. The molecular formula is C17H23N3S. The van der Waals surface area contributed by atoms with Gasteiger partial charge in [-0.3, -0.25) is 0 Å². The molecule has 0 unspecified atom stereocenters. The van der Waals surface area contributed by atoms with Gasteiger partial charge in [0.2, 0.25) is 0 Å². The highest BCUT2D eigenvalue weighted by Gasteiger charge is 2.03. The van der Waals surface area contributed by atoms with Crippen molar-refractivity contribution in [3.63, 3.8) is 0 Å². The molecule has 0 saturated heterocycles. The molecule has 0 aliphatic rings. The average Bonchev–Trinajstić information content (AvgIpc) is 2.45. The Morgan fingerprint density at radius 3 is 2.71 bits per heavy atom. The van der Waals surface area contributed by atoms with Gasteiger partial charge in [-0.05, 0) is 25.8 Å². The van der Waals surface area contributed by atoms with Crippen molar-refractivity contribution in [1.82, 2.24) is 9.97 Å². The largest absolute Gasteiger partial charge is 0.370 e. The predicted molar refractivity (Wildman–Crippen MR) is 91.7 cm³/mol. The normalized spacial score (nSPS) is 10.6. The molecule has 0 radical (unpaired) electrons. The summed E-state index contributed by atoms with van der Waals surface area (Å²) in [4.78, 5) is 9.10. The Kier molecular flexibility index (Phi) is 6.05. The second kappa shape index (κ2) is 8.03. The van der Waals surface area contributed by atoms with Gasteiger partial charge in [0.15, 0.2) is 0 Å². The second-order valence-corrected chi connectivity index (χ2v) is 6.21. The molecule has 2 rings (SSSR count). The first-order valence-electron chi connectivity index (χ1n) is 7.39. The van der Waals surface area contributed by atoms with E-state index in [0.717, 1.165) is 41.8 Å². The van der Waals surface area contributed by atoms with Crippen molar-refractivity contribution >= 4 is 17.6 Å². The first-order chi connectivity index (χ1) is 10.2. The Bertz CT molecular complexity index is 584. The van der Waals surface area contributed by atoms with Crippen LogP contribution in [-0.2, 0) is 11.5 Å². The fourth-order valence-corrected chi connectivity index (χ4v) is 2.93. The van der Waals surface area contributed by atoms with E-state index in [4.69, 9.17) is 0 Å². The standard InChI is InChI=1S/C17H23N3S/c1-4-8-18-16-10-14(3)19-17(20-16)12-21-11-15-7-5-6-13(2)9-15/h5-7,9-10H,4,8,11-12H2,1-3H3,(H,18,19,20). The van der Waals surface area contributed by atoms with Crippen molar-refractivity contribution in [2.24, 2.45) is 0 Å². The van der Waals surface area contributed by atoms with Gasteiger partial charge in [-0.2, -0.15) is 0 Å². The van der Waals surface area contributed by atoms with Crippen molar-refractivity contribution in [3.8, 4) is 0 Å². The van der Waals surface area contributed by atoms with Crippen LogP contribution in [0.1, 0.15) is 36.0 Å². The summed E-state index contributed by atoms with van der Waals surface area (Å²) in [7, 11) is 0. The lowest BCUT2D eigenvalue weighted by Crippen LogP contribution is -2.05. The Labute approximate surface area is 131 Å². The van der Waals surface area contributed by atoms with Gasteiger partial charge in [-0.25, -0.2) is 9.97 Å². The average molecular weight is 301 g/mol. The molecule has 0 atom stereocenters. The van der Waals surface area contributed by atoms with Gasteiger partial charge in [0, 0.05) is 24.1 Å². The maximum Gasteiger partial charge on any atom is 0.140 e. The van der Waals surface area contributed by atoms with Crippen LogP contribution in [0, 0.1) is 13.8 Å². The van der Waals surface area contributed by atoms with E-state index in [1.807, 2.05) is 24.8 Å². The van der Waals surface area contributed by atoms with E-state index in [-0.39, 0.29) is 0 Å². The quantitative estimate of drug-likeness (QED) is 0.825. The zero-order valence-electron chi connectivity index (χ0n) is 13.0. The highest BCUT2D eigenvalue weighted by molar-refractivity contribution is 7.97. The van der Waals surface area contributed by atoms with Crippen LogP contribution in [-0.4, -0.2) is 16.5 Å². The molecule has 1 N–H and O–H groups in total. The SMILES string of the molecule is CCCNc1cc(C)nc(CSCc2cccc(C)c2)n1. The summed E-state index contributed by atoms with van der Waals surface area (Å²) in [5.74, 6) is 3.69. The molecule has 1 aromatic heterocycles. The molecule has 21 heavy (non-hydrogen) atoms. The second-order valence-electron chi connectivity index (χ2n) is 5.22. The number of anilines is 1. The number of nitrogens with one attached hydrogen (secondary N) is 1. The van der Waals surface area contributed by atoms with Crippen LogP contribution in [0.3, 0.4) is 0 Å². The fourth-order valence-electron chi connectivity index (χ4n) is 2.10. The smallest absolute Gasteiger partial charge is 0.140 e. The minimum absolute atomic E-state index is 0.844. The molecular weight excluding hydrogens is 278 g/mol. The van der Waals surface area contributed by atoms with Crippen molar-refractivity contribution < 1.29 is 0 Å². The molecule has 0 fully saturated rings. The monoisotopic (exact) mass is 301 g/mol. The molecule has 0 aliphatic carbocycles. The molecule has 0 amide bonds. The Hall–Kier alpha value is -1.55. The van der Waals surface area contributed by atoms with E-state index in [1.54, 1.807) is 0 Å². The molecule has 0 bridgehead atoms. The molecule has 0 aliphatic heterocycles. The molecule has 4 heteroatoms. The minimum Gasteiger partial charge on any atom is -0.370 e. The lowest BCUT2D eigenvalue weighted by atomic mass is 10.2. The van der Waals surface area contributed by atoms with Crippen LogP contribution in [0.15, 0.2) is 30.3 Å². The lowest BCUT2D eigenvalue weighted by molar-refractivity contribution is 0.940. The van der Waals surface area contributed by atoms with Gasteiger partial charge in [0.05, 0.1) is 5.75 Å². The number of nitrogens with zero attached hydrogens (tertiary/aromatic N) is 2. The molecule has 3 nitrogen and oxygen atoms in total. The minimum atomic E-state index is 0.844. The number of thioether (sulfide) groups is 1. The predicted octanol–water partition coefficient (Wildman–Crippen LogP) is 4.35. The molecule has 1 aromatic carbocycles. The zero-order chi connectivity index (χ0) is 15.1. The maximum absolute atomic E-state index is 4.58. The summed E-state index contributed by atoms with van der Waals surface area (Å²) >= 11 is 1.86. The Morgan fingerprint density at radius 2 is 1.95 bits per heavy atom. The van der Waals surface area contributed by atoms with E-state index >= 15 is 0 Å². The molecule has 2 aromatic rings. The van der Waals surface area contributed by atoms with Crippen molar-refractivity contribution in [3.05, 3.63) is 53.0 Å². The summed E-state index contributed by atoms with van der Waals surface area (Å²) in [6.07, 6.45) is 1.10. The van der Waals surface area contributed by atoms with Crippen molar-refractivity contribution in [2.75, 3.05) is 11.9 Å². The first-order valence-corrected chi connectivity index (χ1v) is 8.54. The van der Waals surface area contributed by atoms with Crippen molar-refractivity contribution in [1.29, 1.82) is 0 Å². The third-order valence-electron chi connectivity index (χ3n) is 3.04. The van der Waals surface area contributed by atoms with Gasteiger partial charge < -0.3 is 5.32 Å². The summed E-state index contributed by atoms with van der Waals surface area (Å²) in [6, 6.07) is 10.7. The molecule has 0 saturated carbocycles. The molecule has 0 spiro atoms. The number of hydrogen-bond donors (Lipinski definition) is 1. The van der Waals surface area contributed by atoms with Gasteiger partial charge in [-0.1, -0.05) is 36.8 Å². The summed E-state index contributed by atoms with van der Waals surface area (Å²) in [6.45, 7) is 7.25. The molecule has 1 heterocycles. The van der Waals surface area contributed by atoms with Gasteiger partial charge >= 0.3 is 0 Å². The van der Waals surface area contributed by atoms with Crippen LogP contribution in [0.4, 0.5) is 5.82 Å². The van der Waals surface area contributed by atoms with Gasteiger partial charge in [0.1, 0.15) is 11.6 Å². The summed E-state index contributed by atoms with van der Waals surface area (Å²) in [5.41, 5.74) is 3.69. The maximum atomic E-state index is 4.58. The van der Waals surface area contributed by atoms with Crippen LogP contribution in [0.2, 0.25) is 0 Å². The highest BCUT2D eigenvalue weighted by Crippen LogP contribution is 2.18. The third kappa shape index (κ3) is 5.38. The van der Waals surface area contributed by atoms with E-state index in [9.17, 15) is 0 Å². The number of aromatic nitrogens is 2. The Balaban J connectivity index is 1.91. The number of rotatable bonds is 7.